The summed E-state index contributed by atoms with van der Waals surface area (Å²) in [6.07, 6.45) is 2.23. The third-order valence-electron chi connectivity index (χ3n) is 7.54. The van der Waals surface area contributed by atoms with Crippen molar-refractivity contribution in [2.45, 2.75) is 46.6 Å². The number of aryl methyl sites for hydroxylation is 3. The largest absolute Gasteiger partial charge is 0.350 e. The number of benzene rings is 2. The Morgan fingerprint density at radius 2 is 1.80 bits per heavy atom. The lowest BCUT2D eigenvalue weighted by Gasteiger charge is -2.28. The lowest BCUT2D eigenvalue weighted by Crippen LogP contribution is -2.46. The highest BCUT2D eigenvalue weighted by atomic mass is 32.1. The first-order valence-corrected chi connectivity index (χ1v) is 13.3. The molecule has 35 heavy (non-hydrogen) atoms. The maximum atomic E-state index is 14.0. The predicted molar refractivity (Wildman–Crippen MR) is 141 cm³/mol. The molecule has 2 fully saturated rings. The number of amides is 2. The van der Waals surface area contributed by atoms with Crippen LogP contribution in [-0.2, 0) is 0 Å². The molecule has 0 bridgehead atoms. The highest BCUT2D eigenvalue weighted by molar-refractivity contribution is 7.15. The molecular formula is C29H33N3O2S. The molecule has 5 nitrogen and oxygen atoms in total. The Morgan fingerprint density at radius 1 is 1.06 bits per heavy atom. The average Bonchev–Trinajstić information content (AvgIpc) is 3.49. The van der Waals surface area contributed by atoms with E-state index in [1.807, 2.05) is 49.1 Å². The lowest BCUT2D eigenvalue weighted by atomic mass is 9.93. The number of hydrogen-bond acceptors (Lipinski definition) is 4. The second-order valence-electron chi connectivity index (χ2n) is 10.4. The van der Waals surface area contributed by atoms with Gasteiger partial charge >= 0.3 is 0 Å². The highest BCUT2D eigenvalue weighted by Gasteiger charge is 2.48. The third-order valence-corrected chi connectivity index (χ3v) is 8.56. The summed E-state index contributed by atoms with van der Waals surface area (Å²) in [5.41, 5.74) is 4.46. The van der Waals surface area contributed by atoms with Crippen molar-refractivity contribution in [3.05, 3.63) is 75.9 Å². The Balaban J connectivity index is 1.41. The number of fused-ring (bicyclic) bond motifs is 1. The zero-order chi connectivity index (χ0) is 24.7. The molecule has 3 aromatic rings. The number of rotatable bonds is 5. The Bertz CT molecular complexity index is 1270. The van der Waals surface area contributed by atoms with Crippen molar-refractivity contribution in [2.24, 2.45) is 17.8 Å². The van der Waals surface area contributed by atoms with Gasteiger partial charge in [-0.25, -0.2) is 4.98 Å². The van der Waals surface area contributed by atoms with Gasteiger partial charge in [0, 0.05) is 18.7 Å². The summed E-state index contributed by atoms with van der Waals surface area (Å²) < 4.78 is 0. The molecule has 0 radical (unpaired) electrons. The van der Waals surface area contributed by atoms with Crippen LogP contribution < -0.4 is 5.32 Å². The Kier molecular flexibility index (Phi) is 6.49. The molecule has 5 rings (SSSR count). The fourth-order valence-corrected chi connectivity index (χ4v) is 6.92. The van der Waals surface area contributed by atoms with Crippen LogP contribution in [0.1, 0.15) is 56.7 Å². The quantitative estimate of drug-likeness (QED) is 0.506. The second-order valence-corrected chi connectivity index (χ2v) is 11.6. The van der Waals surface area contributed by atoms with Gasteiger partial charge in [-0.15, -0.1) is 11.3 Å². The smallest absolute Gasteiger partial charge is 0.274 e. The maximum Gasteiger partial charge on any atom is 0.274 e. The van der Waals surface area contributed by atoms with Crippen molar-refractivity contribution in [1.82, 2.24) is 15.2 Å². The summed E-state index contributed by atoms with van der Waals surface area (Å²) in [4.78, 5) is 34.5. The van der Waals surface area contributed by atoms with Gasteiger partial charge in [-0.3, -0.25) is 9.59 Å². The van der Waals surface area contributed by atoms with E-state index in [0.29, 0.717) is 35.6 Å². The van der Waals surface area contributed by atoms with Gasteiger partial charge in [-0.1, -0.05) is 54.4 Å². The van der Waals surface area contributed by atoms with Crippen LogP contribution in [0.2, 0.25) is 0 Å². The van der Waals surface area contributed by atoms with Gasteiger partial charge < -0.3 is 10.2 Å². The molecule has 4 unspecified atom stereocenters. The molecule has 6 heteroatoms. The van der Waals surface area contributed by atoms with Crippen molar-refractivity contribution >= 4 is 23.2 Å². The van der Waals surface area contributed by atoms with E-state index in [4.69, 9.17) is 4.98 Å². The summed E-state index contributed by atoms with van der Waals surface area (Å²) in [5, 5.41) is 4.03. The molecule has 1 N–H and O–H groups in total. The molecule has 2 aromatic carbocycles. The SMILES string of the molecule is Cc1cccc(C(=O)NCC2C3CC(C)CC3CN2C(=O)c2nc(C)sc2-c2cccc(C)c2)c1. The standard InChI is InChI=1S/C29H33N3O2S/c1-17-7-5-9-21(11-17)27-26(31-20(4)35-27)29(34)32-16-23-13-19(3)14-24(23)25(32)15-30-28(33)22-10-6-8-18(2)12-22/h5-12,19,23-25H,13-16H2,1-4H3,(H,30,33). The van der Waals surface area contributed by atoms with Crippen LogP contribution in [0, 0.1) is 38.5 Å². The predicted octanol–water partition coefficient (Wildman–Crippen LogP) is 5.65. The van der Waals surface area contributed by atoms with Crippen LogP contribution in [0.4, 0.5) is 0 Å². The summed E-state index contributed by atoms with van der Waals surface area (Å²) in [6, 6.07) is 15.9. The molecule has 182 valence electrons. The first-order chi connectivity index (χ1) is 16.8. The molecule has 1 saturated carbocycles. The molecule has 1 aliphatic heterocycles. The monoisotopic (exact) mass is 487 g/mol. The van der Waals surface area contributed by atoms with E-state index < -0.39 is 0 Å². The van der Waals surface area contributed by atoms with E-state index in [1.165, 1.54) is 0 Å². The van der Waals surface area contributed by atoms with Crippen LogP contribution in [0.5, 0.6) is 0 Å². The highest BCUT2D eigenvalue weighted by Crippen LogP contribution is 2.45. The number of carbonyl (C=O) groups excluding carboxylic acids is 2. The zero-order valence-corrected chi connectivity index (χ0v) is 21.7. The molecule has 2 aliphatic rings. The number of aromatic nitrogens is 1. The minimum Gasteiger partial charge on any atom is -0.350 e. The first-order valence-electron chi connectivity index (χ1n) is 12.5. The average molecular weight is 488 g/mol. The van der Waals surface area contributed by atoms with Gasteiger partial charge in [0.2, 0.25) is 0 Å². The van der Waals surface area contributed by atoms with E-state index in [1.54, 1.807) is 11.3 Å². The molecule has 2 heterocycles. The van der Waals surface area contributed by atoms with E-state index in [0.717, 1.165) is 46.0 Å². The first kappa shape index (κ1) is 23.7. The lowest BCUT2D eigenvalue weighted by molar-refractivity contribution is 0.0692. The molecular weight excluding hydrogens is 454 g/mol. The van der Waals surface area contributed by atoms with Crippen molar-refractivity contribution in [2.75, 3.05) is 13.1 Å². The Hall–Kier alpha value is -2.99. The third kappa shape index (κ3) is 4.76. The van der Waals surface area contributed by atoms with E-state index >= 15 is 0 Å². The number of nitrogens with one attached hydrogen (secondary N) is 1. The molecule has 1 aliphatic carbocycles. The van der Waals surface area contributed by atoms with Crippen LogP contribution in [-0.4, -0.2) is 40.8 Å². The molecule has 0 spiro atoms. The van der Waals surface area contributed by atoms with Gasteiger partial charge in [-0.2, -0.15) is 0 Å². The van der Waals surface area contributed by atoms with Crippen molar-refractivity contribution in [3.63, 3.8) is 0 Å². The number of likely N-dealkylation sites (tertiary alicyclic amines) is 1. The van der Waals surface area contributed by atoms with E-state index in [9.17, 15) is 9.59 Å². The summed E-state index contributed by atoms with van der Waals surface area (Å²) in [6.45, 7) is 9.51. The minimum absolute atomic E-state index is 0.0114. The van der Waals surface area contributed by atoms with Gasteiger partial charge in [0.05, 0.1) is 15.9 Å². The Labute approximate surface area is 211 Å². The van der Waals surface area contributed by atoms with Gasteiger partial charge in [0.25, 0.3) is 11.8 Å². The van der Waals surface area contributed by atoms with Crippen LogP contribution in [0.25, 0.3) is 10.4 Å². The summed E-state index contributed by atoms with van der Waals surface area (Å²) >= 11 is 1.57. The normalized spacial score (nSPS) is 23.4. The van der Waals surface area contributed by atoms with Gasteiger partial charge in [0.1, 0.15) is 5.69 Å². The maximum absolute atomic E-state index is 14.0. The molecule has 2 amide bonds. The van der Waals surface area contributed by atoms with Crippen LogP contribution >= 0.6 is 11.3 Å². The van der Waals surface area contributed by atoms with Crippen molar-refractivity contribution < 1.29 is 9.59 Å². The molecule has 4 atom stereocenters. The minimum atomic E-state index is -0.0828. The van der Waals surface area contributed by atoms with Crippen molar-refractivity contribution in [3.8, 4) is 10.4 Å². The number of carbonyl (C=O) groups is 2. The van der Waals surface area contributed by atoms with Gasteiger partial charge in [-0.05, 0) is 69.1 Å². The number of hydrogen-bond donors (Lipinski definition) is 1. The Morgan fingerprint density at radius 3 is 2.54 bits per heavy atom. The van der Waals surface area contributed by atoms with E-state index in [2.05, 4.69) is 37.4 Å². The van der Waals surface area contributed by atoms with Crippen molar-refractivity contribution in [1.29, 1.82) is 0 Å². The van der Waals surface area contributed by atoms with Crippen LogP contribution in [0.15, 0.2) is 48.5 Å². The number of thiazole rings is 1. The molecule has 1 saturated heterocycles. The topological polar surface area (TPSA) is 62.3 Å². The second kappa shape index (κ2) is 9.57. The van der Waals surface area contributed by atoms with E-state index in [-0.39, 0.29) is 17.9 Å². The fourth-order valence-electron chi connectivity index (χ4n) is 6.02. The number of nitrogens with zero attached hydrogens (tertiary/aromatic N) is 2. The zero-order valence-electron chi connectivity index (χ0n) is 20.9. The fraction of sp³-hybridized carbons (Fsp3) is 0.414. The summed E-state index contributed by atoms with van der Waals surface area (Å²) in [7, 11) is 0. The summed E-state index contributed by atoms with van der Waals surface area (Å²) in [5.74, 6) is 1.45. The van der Waals surface area contributed by atoms with Crippen LogP contribution in [0.3, 0.4) is 0 Å². The van der Waals surface area contributed by atoms with Gasteiger partial charge in [0.15, 0.2) is 0 Å². The molecule has 1 aromatic heterocycles.